The molecule has 1 fully saturated rings. The van der Waals surface area contributed by atoms with Gasteiger partial charge in [0.1, 0.15) is 6.61 Å². The van der Waals surface area contributed by atoms with Crippen LogP contribution in [0.1, 0.15) is 60.8 Å². The third kappa shape index (κ3) is 5.48. The minimum absolute atomic E-state index is 0.0590. The van der Waals surface area contributed by atoms with Gasteiger partial charge >= 0.3 is 5.97 Å². The summed E-state index contributed by atoms with van der Waals surface area (Å²) >= 11 is 0. The molecule has 0 saturated heterocycles. The molecule has 1 aliphatic carbocycles. The molecule has 0 amide bonds. The quantitative estimate of drug-likeness (QED) is 0.300. The fourth-order valence-corrected chi connectivity index (χ4v) is 5.02. The van der Waals surface area contributed by atoms with Gasteiger partial charge in [-0.2, -0.15) is 0 Å². The Morgan fingerprint density at radius 1 is 0.971 bits per heavy atom. The van der Waals surface area contributed by atoms with Crippen molar-refractivity contribution in [3.8, 4) is 22.3 Å². The summed E-state index contributed by atoms with van der Waals surface area (Å²) in [7, 11) is 0. The van der Waals surface area contributed by atoms with E-state index in [4.69, 9.17) is 4.74 Å². The van der Waals surface area contributed by atoms with Crippen LogP contribution < -0.4 is 0 Å². The van der Waals surface area contributed by atoms with E-state index in [-0.39, 0.29) is 13.2 Å². The number of aliphatic hydroxyl groups excluding tert-OH is 1. The van der Waals surface area contributed by atoms with Crippen molar-refractivity contribution < 1.29 is 14.6 Å². The summed E-state index contributed by atoms with van der Waals surface area (Å²) in [5.74, 6) is 1.11. The molecule has 34 heavy (non-hydrogen) atoms. The van der Waals surface area contributed by atoms with Crippen molar-refractivity contribution in [2.24, 2.45) is 5.92 Å². The zero-order valence-corrected chi connectivity index (χ0v) is 20.2. The van der Waals surface area contributed by atoms with E-state index in [2.05, 4.69) is 62.9 Å². The minimum Gasteiger partial charge on any atom is -0.458 e. The molecule has 1 aliphatic rings. The van der Waals surface area contributed by atoms with Crippen molar-refractivity contribution >= 4 is 5.97 Å². The maximum Gasteiger partial charge on any atom is 0.330 e. The number of hydrogen-bond donors (Lipinski definition) is 1. The van der Waals surface area contributed by atoms with Crippen LogP contribution in [0.2, 0.25) is 0 Å². The third-order valence-corrected chi connectivity index (χ3v) is 7.14. The molecule has 0 aromatic heterocycles. The van der Waals surface area contributed by atoms with Gasteiger partial charge < -0.3 is 9.84 Å². The molecule has 0 radical (unpaired) electrons. The Balaban J connectivity index is 1.58. The Labute approximate surface area is 203 Å². The first kappa shape index (κ1) is 24.0. The molecular formula is C31H34O3. The molecule has 0 unspecified atom stereocenters. The van der Waals surface area contributed by atoms with Gasteiger partial charge in [-0.05, 0) is 82.2 Å². The highest BCUT2D eigenvalue weighted by Crippen LogP contribution is 2.37. The van der Waals surface area contributed by atoms with E-state index < -0.39 is 5.97 Å². The Bertz CT molecular complexity index is 1150. The summed E-state index contributed by atoms with van der Waals surface area (Å²) in [6.45, 7) is 8.01. The van der Waals surface area contributed by atoms with Crippen LogP contribution in [0, 0.1) is 12.8 Å². The number of hydrogen-bond acceptors (Lipinski definition) is 3. The van der Waals surface area contributed by atoms with Crippen LogP contribution >= 0.6 is 0 Å². The predicted molar refractivity (Wildman–Crippen MR) is 138 cm³/mol. The normalized spacial score (nSPS) is 17.9. The molecule has 0 atom stereocenters. The Morgan fingerprint density at radius 2 is 1.65 bits per heavy atom. The molecule has 0 aliphatic heterocycles. The molecule has 0 spiro atoms. The number of esters is 1. The fourth-order valence-electron chi connectivity index (χ4n) is 5.02. The summed E-state index contributed by atoms with van der Waals surface area (Å²) < 4.78 is 5.30. The first-order valence-corrected chi connectivity index (χ1v) is 12.2. The van der Waals surface area contributed by atoms with Gasteiger partial charge in [-0.25, -0.2) is 4.79 Å². The van der Waals surface area contributed by atoms with Crippen LogP contribution in [0.25, 0.3) is 22.3 Å². The minimum atomic E-state index is -0.460. The molecule has 0 heterocycles. The van der Waals surface area contributed by atoms with Gasteiger partial charge in [0, 0.05) is 6.08 Å². The van der Waals surface area contributed by atoms with Gasteiger partial charge in [-0.1, -0.05) is 80.9 Å². The highest BCUT2D eigenvalue weighted by atomic mass is 16.5. The van der Waals surface area contributed by atoms with Crippen LogP contribution in [-0.2, 0) is 22.7 Å². The Hall–Kier alpha value is -3.17. The Morgan fingerprint density at radius 3 is 2.29 bits per heavy atom. The van der Waals surface area contributed by atoms with Gasteiger partial charge in [0.2, 0.25) is 0 Å². The van der Waals surface area contributed by atoms with E-state index in [1.807, 2.05) is 18.2 Å². The lowest BCUT2D eigenvalue weighted by Gasteiger charge is -2.26. The van der Waals surface area contributed by atoms with Gasteiger partial charge in [-0.3, -0.25) is 0 Å². The maximum absolute atomic E-state index is 11.6. The van der Waals surface area contributed by atoms with Gasteiger partial charge in [0.25, 0.3) is 0 Å². The van der Waals surface area contributed by atoms with E-state index in [1.165, 1.54) is 42.4 Å². The summed E-state index contributed by atoms with van der Waals surface area (Å²) in [5, 5.41) is 9.55. The van der Waals surface area contributed by atoms with E-state index in [1.54, 1.807) is 0 Å². The van der Waals surface area contributed by atoms with Crippen molar-refractivity contribution in [1.82, 2.24) is 0 Å². The molecule has 4 rings (SSSR count). The van der Waals surface area contributed by atoms with Crippen LogP contribution in [0.15, 0.2) is 73.3 Å². The summed E-state index contributed by atoms with van der Waals surface area (Å²) in [5.41, 5.74) is 8.77. The molecule has 176 valence electrons. The van der Waals surface area contributed by atoms with E-state index in [0.29, 0.717) is 5.92 Å². The standard InChI is InChI=1S/C31H34O3/c1-4-31(33)34-20-28-18-23(19-32)7-15-30(28)29-16-14-27(17-22(29)3)26-12-10-25(11-13-26)24-8-5-21(2)6-9-24/h4,7,10-18,21,24,32H,1,5-6,8-9,19-20H2,2-3H3. The number of carbonyl (C=O) groups is 1. The van der Waals surface area contributed by atoms with Crippen LogP contribution in [0.4, 0.5) is 0 Å². The monoisotopic (exact) mass is 454 g/mol. The first-order valence-electron chi connectivity index (χ1n) is 12.2. The largest absolute Gasteiger partial charge is 0.458 e. The maximum atomic E-state index is 11.6. The second kappa shape index (κ2) is 10.8. The van der Waals surface area contributed by atoms with Crippen molar-refractivity contribution in [3.63, 3.8) is 0 Å². The third-order valence-electron chi connectivity index (χ3n) is 7.14. The molecule has 1 saturated carbocycles. The summed E-state index contributed by atoms with van der Waals surface area (Å²) in [4.78, 5) is 11.6. The van der Waals surface area contributed by atoms with Crippen LogP contribution in [0.5, 0.6) is 0 Å². The summed E-state index contributed by atoms with van der Waals surface area (Å²) in [6, 6.07) is 21.4. The lowest BCUT2D eigenvalue weighted by molar-refractivity contribution is -0.138. The first-order chi connectivity index (χ1) is 16.5. The van der Waals surface area contributed by atoms with E-state index in [9.17, 15) is 9.90 Å². The highest BCUT2D eigenvalue weighted by molar-refractivity contribution is 5.81. The second-order valence-corrected chi connectivity index (χ2v) is 9.57. The highest BCUT2D eigenvalue weighted by Gasteiger charge is 2.19. The topological polar surface area (TPSA) is 46.5 Å². The zero-order chi connectivity index (χ0) is 24.1. The molecular weight excluding hydrogens is 420 g/mol. The molecule has 3 aromatic rings. The Kier molecular flexibility index (Phi) is 7.64. The van der Waals surface area contributed by atoms with E-state index in [0.717, 1.165) is 39.8 Å². The molecule has 3 nitrogen and oxygen atoms in total. The smallest absolute Gasteiger partial charge is 0.330 e. The average Bonchev–Trinajstić information content (AvgIpc) is 2.87. The SMILES string of the molecule is C=CC(=O)OCc1cc(CO)ccc1-c1ccc(-c2ccc(C3CCC(C)CC3)cc2)cc1C. The van der Waals surface area contributed by atoms with Crippen LogP contribution in [-0.4, -0.2) is 11.1 Å². The lowest BCUT2D eigenvalue weighted by Crippen LogP contribution is -2.10. The van der Waals surface area contributed by atoms with Crippen molar-refractivity contribution in [1.29, 1.82) is 0 Å². The molecule has 1 N–H and O–H groups in total. The number of rotatable bonds is 7. The summed E-state index contributed by atoms with van der Waals surface area (Å²) in [6.07, 6.45) is 6.43. The van der Waals surface area contributed by atoms with Gasteiger partial charge in [0.05, 0.1) is 6.61 Å². The van der Waals surface area contributed by atoms with Gasteiger partial charge in [-0.15, -0.1) is 0 Å². The molecule has 3 heteroatoms. The average molecular weight is 455 g/mol. The van der Waals surface area contributed by atoms with Crippen molar-refractivity contribution in [2.75, 3.05) is 0 Å². The van der Waals surface area contributed by atoms with Crippen molar-refractivity contribution in [3.05, 3.63) is 95.6 Å². The second-order valence-electron chi connectivity index (χ2n) is 9.57. The zero-order valence-electron chi connectivity index (χ0n) is 20.2. The number of carbonyl (C=O) groups excluding carboxylic acids is 1. The lowest BCUT2D eigenvalue weighted by atomic mass is 9.79. The molecule has 0 bridgehead atoms. The van der Waals surface area contributed by atoms with Crippen molar-refractivity contribution in [2.45, 2.75) is 58.7 Å². The van der Waals surface area contributed by atoms with E-state index >= 15 is 0 Å². The number of aryl methyl sites for hydroxylation is 1. The van der Waals surface area contributed by atoms with Gasteiger partial charge in [0.15, 0.2) is 0 Å². The van der Waals surface area contributed by atoms with Crippen LogP contribution in [0.3, 0.4) is 0 Å². The number of aliphatic hydroxyl groups is 1. The number of benzene rings is 3. The number of ether oxygens (including phenoxy) is 1. The molecule has 3 aromatic carbocycles. The fraction of sp³-hybridized carbons (Fsp3) is 0.323. The predicted octanol–water partition coefficient (Wildman–Crippen LogP) is 7.34.